The van der Waals surface area contributed by atoms with E-state index in [1.165, 1.54) is 0 Å². The Morgan fingerprint density at radius 2 is 2.00 bits per heavy atom. The topological polar surface area (TPSA) is 70.5 Å². The van der Waals surface area contributed by atoms with Crippen LogP contribution >= 0.6 is 0 Å². The van der Waals surface area contributed by atoms with Crippen LogP contribution in [-0.4, -0.2) is 52.7 Å². The van der Waals surface area contributed by atoms with Gasteiger partial charge in [0, 0.05) is 38.3 Å². The van der Waals surface area contributed by atoms with E-state index < -0.39 is 0 Å². The van der Waals surface area contributed by atoms with Gasteiger partial charge in [0.25, 0.3) is 5.91 Å². The Kier molecular flexibility index (Phi) is 4.70. The van der Waals surface area contributed by atoms with E-state index in [1.807, 2.05) is 41.9 Å². The van der Waals surface area contributed by atoms with E-state index in [-0.39, 0.29) is 17.9 Å². The summed E-state index contributed by atoms with van der Waals surface area (Å²) in [5.41, 5.74) is 3.52. The smallest absolute Gasteiger partial charge is 0.272 e. The number of hydrogen-bond acceptors (Lipinski definition) is 4. The number of nitrogens with one attached hydrogen (secondary N) is 1. The van der Waals surface area contributed by atoms with Crippen LogP contribution in [0.1, 0.15) is 34.6 Å². The maximum Gasteiger partial charge on any atom is 0.272 e. The molecule has 142 valence electrons. The zero-order valence-corrected chi connectivity index (χ0v) is 15.8. The molecule has 2 aromatic rings. The first-order valence-electron chi connectivity index (χ1n) is 9.43. The van der Waals surface area contributed by atoms with Gasteiger partial charge in [0.2, 0.25) is 5.91 Å². The van der Waals surface area contributed by atoms with Crippen molar-refractivity contribution >= 4 is 17.5 Å². The lowest BCUT2D eigenvalue weighted by Crippen LogP contribution is -2.37. The average Bonchev–Trinajstić information content (AvgIpc) is 3.14. The maximum absolute atomic E-state index is 12.7. The van der Waals surface area contributed by atoms with Crippen molar-refractivity contribution in [3.63, 3.8) is 0 Å². The van der Waals surface area contributed by atoms with Crippen molar-refractivity contribution in [2.24, 2.45) is 0 Å². The minimum absolute atomic E-state index is 0.0337. The molecule has 1 aromatic carbocycles. The van der Waals surface area contributed by atoms with Gasteiger partial charge in [-0.2, -0.15) is 5.10 Å². The summed E-state index contributed by atoms with van der Waals surface area (Å²) in [6, 6.07) is 9.54. The molecule has 4 rings (SSSR count). The average molecular weight is 367 g/mol. The number of aryl methyl sites for hydroxylation is 2. The van der Waals surface area contributed by atoms with Gasteiger partial charge >= 0.3 is 0 Å². The molecule has 1 aromatic heterocycles. The van der Waals surface area contributed by atoms with Crippen molar-refractivity contribution in [2.75, 3.05) is 25.0 Å². The molecule has 7 heteroatoms. The van der Waals surface area contributed by atoms with E-state index in [4.69, 9.17) is 0 Å². The number of anilines is 1. The molecular weight excluding hydrogens is 342 g/mol. The van der Waals surface area contributed by atoms with Crippen LogP contribution in [0.4, 0.5) is 5.69 Å². The summed E-state index contributed by atoms with van der Waals surface area (Å²) in [5.74, 6) is -0.173. The zero-order chi connectivity index (χ0) is 19.0. The predicted molar refractivity (Wildman–Crippen MR) is 103 cm³/mol. The number of benzene rings is 1. The third kappa shape index (κ3) is 3.73. The van der Waals surface area contributed by atoms with Crippen LogP contribution in [0.25, 0.3) is 0 Å². The molecule has 7 nitrogen and oxygen atoms in total. The van der Waals surface area contributed by atoms with Crippen LogP contribution in [-0.2, 0) is 17.9 Å². The molecule has 1 saturated heterocycles. The second kappa shape index (κ2) is 7.15. The fraction of sp³-hybridized carbons (Fsp3) is 0.450. The highest BCUT2D eigenvalue weighted by atomic mass is 16.2. The number of carbonyl (C=O) groups is 2. The van der Waals surface area contributed by atoms with E-state index in [9.17, 15) is 9.59 Å². The van der Waals surface area contributed by atoms with Gasteiger partial charge in [0.15, 0.2) is 5.69 Å². The third-order valence-corrected chi connectivity index (χ3v) is 5.24. The Labute approximate surface area is 158 Å². The molecule has 2 amide bonds. The Hall–Kier alpha value is -2.67. The summed E-state index contributed by atoms with van der Waals surface area (Å²) >= 11 is 0. The highest BCUT2D eigenvalue weighted by molar-refractivity contribution is 5.98. The fourth-order valence-corrected chi connectivity index (χ4v) is 3.77. The van der Waals surface area contributed by atoms with Gasteiger partial charge in [-0.15, -0.1) is 0 Å². The van der Waals surface area contributed by atoms with Gasteiger partial charge in [-0.05, 0) is 38.6 Å². The summed E-state index contributed by atoms with van der Waals surface area (Å²) in [6.07, 6.45) is 1.34. The molecule has 0 aliphatic carbocycles. The number of hydrogen-bond donors (Lipinski definition) is 1. The lowest BCUT2D eigenvalue weighted by Gasteiger charge is -2.17. The lowest BCUT2D eigenvalue weighted by atomic mass is 10.2. The van der Waals surface area contributed by atoms with E-state index in [0.717, 1.165) is 43.0 Å². The van der Waals surface area contributed by atoms with Gasteiger partial charge in [-0.25, -0.2) is 0 Å². The Balaban J connectivity index is 1.42. The molecule has 1 N–H and O–H groups in total. The van der Waals surface area contributed by atoms with Crippen molar-refractivity contribution in [1.82, 2.24) is 20.0 Å². The van der Waals surface area contributed by atoms with Crippen LogP contribution in [0.5, 0.6) is 0 Å². The Morgan fingerprint density at radius 3 is 2.78 bits per heavy atom. The molecule has 2 aliphatic rings. The molecule has 0 bridgehead atoms. The van der Waals surface area contributed by atoms with Crippen molar-refractivity contribution in [3.05, 3.63) is 47.3 Å². The van der Waals surface area contributed by atoms with Crippen LogP contribution in [0.2, 0.25) is 0 Å². The molecule has 27 heavy (non-hydrogen) atoms. The van der Waals surface area contributed by atoms with Crippen molar-refractivity contribution in [2.45, 2.75) is 38.9 Å². The number of rotatable bonds is 3. The molecule has 0 unspecified atom stereocenters. The first-order chi connectivity index (χ1) is 13.0. The monoisotopic (exact) mass is 367 g/mol. The number of carbonyl (C=O) groups excluding carboxylic acids is 2. The van der Waals surface area contributed by atoms with Crippen LogP contribution in [0, 0.1) is 6.92 Å². The van der Waals surface area contributed by atoms with Crippen LogP contribution in [0.15, 0.2) is 30.3 Å². The number of fused-ring (bicyclic) bond motifs is 1. The third-order valence-electron chi connectivity index (χ3n) is 5.24. The molecule has 1 fully saturated rings. The number of amides is 2. The molecule has 1 atom stereocenters. The maximum atomic E-state index is 12.7. The Morgan fingerprint density at radius 1 is 1.22 bits per heavy atom. The van der Waals surface area contributed by atoms with Crippen LogP contribution in [0.3, 0.4) is 0 Å². The van der Waals surface area contributed by atoms with Gasteiger partial charge in [0.1, 0.15) is 0 Å². The fourth-order valence-electron chi connectivity index (χ4n) is 3.77. The molecule has 2 aliphatic heterocycles. The van der Waals surface area contributed by atoms with Crippen molar-refractivity contribution < 1.29 is 9.59 Å². The van der Waals surface area contributed by atoms with Gasteiger partial charge in [-0.3, -0.25) is 14.3 Å². The summed E-state index contributed by atoms with van der Waals surface area (Å²) < 4.78 is 1.93. The van der Waals surface area contributed by atoms with Gasteiger partial charge in [-0.1, -0.05) is 17.7 Å². The van der Waals surface area contributed by atoms with Crippen LogP contribution < -0.4 is 10.2 Å². The standard InChI is InChI=1S/C20H25N5O2/c1-14-4-6-16(7-5-14)24-12-15(10-19(24)26)21-20(27)18-11-17-13-23(2)8-3-9-25(17)22-18/h4-7,11,15H,3,8-10,12-13H2,1-2H3,(H,21,27)/t15-/m0/s1. The van der Waals surface area contributed by atoms with Gasteiger partial charge in [0.05, 0.1) is 11.7 Å². The largest absolute Gasteiger partial charge is 0.346 e. The predicted octanol–water partition coefficient (Wildman–Crippen LogP) is 1.56. The van der Waals surface area contributed by atoms with E-state index >= 15 is 0 Å². The molecule has 3 heterocycles. The molecule has 0 saturated carbocycles. The first kappa shape index (κ1) is 17.7. The van der Waals surface area contributed by atoms with E-state index in [0.29, 0.717) is 18.7 Å². The summed E-state index contributed by atoms with van der Waals surface area (Å²) in [5, 5.41) is 7.45. The van der Waals surface area contributed by atoms with Crippen molar-refractivity contribution in [3.8, 4) is 0 Å². The van der Waals surface area contributed by atoms with E-state index in [1.54, 1.807) is 4.90 Å². The summed E-state index contributed by atoms with van der Waals surface area (Å²) in [7, 11) is 2.08. The molecule has 0 radical (unpaired) electrons. The summed E-state index contributed by atoms with van der Waals surface area (Å²) in [6.45, 7) is 5.16. The normalized spacial score (nSPS) is 20.4. The lowest BCUT2D eigenvalue weighted by molar-refractivity contribution is -0.117. The molecular formula is C20H25N5O2. The zero-order valence-electron chi connectivity index (χ0n) is 15.8. The minimum Gasteiger partial charge on any atom is -0.346 e. The first-order valence-corrected chi connectivity index (χ1v) is 9.43. The number of aromatic nitrogens is 2. The second-order valence-corrected chi connectivity index (χ2v) is 7.55. The van der Waals surface area contributed by atoms with E-state index in [2.05, 4.69) is 22.4 Å². The Bertz CT molecular complexity index is 858. The number of nitrogens with zero attached hydrogens (tertiary/aromatic N) is 4. The second-order valence-electron chi connectivity index (χ2n) is 7.55. The minimum atomic E-state index is -0.207. The highest BCUT2D eigenvalue weighted by Crippen LogP contribution is 2.22. The van der Waals surface area contributed by atoms with Gasteiger partial charge < -0.3 is 15.1 Å². The molecule has 0 spiro atoms. The summed E-state index contributed by atoms with van der Waals surface area (Å²) in [4.78, 5) is 29.0. The SMILES string of the molecule is Cc1ccc(N2C[C@@H](NC(=O)c3cc4n(n3)CCCN(C)C4)CC2=O)cc1. The highest BCUT2D eigenvalue weighted by Gasteiger charge is 2.32. The van der Waals surface area contributed by atoms with Crippen molar-refractivity contribution in [1.29, 1.82) is 0 Å². The quantitative estimate of drug-likeness (QED) is 0.894.